The van der Waals surface area contributed by atoms with Crippen LogP contribution >= 0.6 is 0 Å². The van der Waals surface area contributed by atoms with Gasteiger partial charge in [-0.3, -0.25) is 14.6 Å². The van der Waals surface area contributed by atoms with Crippen LogP contribution in [0.2, 0.25) is 0 Å². The molecule has 0 radical (unpaired) electrons. The summed E-state index contributed by atoms with van der Waals surface area (Å²) in [6.45, 7) is 0. The lowest BCUT2D eigenvalue weighted by atomic mass is 9.97. The Labute approximate surface area is 124 Å². The van der Waals surface area contributed by atoms with Gasteiger partial charge in [0.25, 0.3) is 11.8 Å². The summed E-state index contributed by atoms with van der Waals surface area (Å²) in [6, 6.07) is 6.93. The number of carbonyl (C=O) groups is 2. The molecule has 1 aliphatic rings. The van der Waals surface area contributed by atoms with Crippen LogP contribution < -0.4 is 5.73 Å². The predicted molar refractivity (Wildman–Crippen MR) is 74.8 cm³/mol. The molecule has 1 aromatic heterocycles. The summed E-state index contributed by atoms with van der Waals surface area (Å²) >= 11 is 0. The van der Waals surface area contributed by atoms with Crippen LogP contribution in [0, 0.1) is 5.82 Å². The van der Waals surface area contributed by atoms with Crippen LogP contribution in [0.4, 0.5) is 4.39 Å². The van der Waals surface area contributed by atoms with Crippen molar-refractivity contribution in [2.45, 2.75) is 12.5 Å². The Balaban J connectivity index is 1.94. The Hall–Kier alpha value is -2.96. The van der Waals surface area contributed by atoms with Crippen LogP contribution in [-0.4, -0.2) is 16.8 Å². The highest BCUT2D eigenvalue weighted by Crippen LogP contribution is 2.28. The van der Waals surface area contributed by atoms with Gasteiger partial charge < -0.3 is 5.73 Å². The zero-order valence-electron chi connectivity index (χ0n) is 11.4. The van der Waals surface area contributed by atoms with Crippen molar-refractivity contribution >= 4 is 11.8 Å². The van der Waals surface area contributed by atoms with Crippen LogP contribution in [0.3, 0.4) is 0 Å². The van der Waals surface area contributed by atoms with E-state index in [-0.39, 0.29) is 5.56 Å². The molecule has 0 saturated carbocycles. The van der Waals surface area contributed by atoms with E-state index in [0.29, 0.717) is 23.2 Å². The number of hydrogen-bond donors (Lipinski definition) is 1. The third-order valence-corrected chi connectivity index (χ3v) is 3.40. The molecule has 2 amide bonds. The number of aromatic nitrogens is 1. The first-order valence-electron chi connectivity index (χ1n) is 6.54. The second-order valence-electron chi connectivity index (χ2n) is 4.86. The van der Waals surface area contributed by atoms with Crippen LogP contribution in [-0.2, 0) is 6.42 Å². The Kier molecular flexibility index (Phi) is 3.46. The van der Waals surface area contributed by atoms with E-state index < -0.39 is 23.7 Å². The highest BCUT2D eigenvalue weighted by Gasteiger charge is 2.25. The van der Waals surface area contributed by atoms with E-state index in [4.69, 9.17) is 5.73 Å². The third kappa shape index (κ3) is 2.48. The highest BCUT2D eigenvalue weighted by atomic mass is 19.1. The minimum absolute atomic E-state index is 0.178. The molecule has 1 atom stereocenters. The summed E-state index contributed by atoms with van der Waals surface area (Å²) in [5.74, 6) is -1.94. The number of fused-ring (bicyclic) bond motifs is 1. The lowest BCUT2D eigenvalue weighted by Crippen LogP contribution is -2.16. The molecule has 110 valence electrons. The van der Waals surface area contributed by atoms with E-state index >= 15 is 0 Å². The first-order valence-corrected chi connectivity index (χ1v) is 6.54. The quantitative estimate of drug-likeness (QED) is 0.940. The maximum atomic E-state index is 13.5. The summed E-state index contributed by atoms with van der Waals surface area (Å²) in [7, 11) is 0. The number of nitrogens with zero attached hydrogens (tertiary/aromatic N) is 3. The van der Waals surface area contributed by atoms with Gasteiger partial charge >= 0.3 is 0 Å². The van der Waals surface area contributed by atoms with Crippen molar-refractivity contribution < 1.29 is 14.0 Å². The van der Waals surface area contributed by atoms with Gasteiger partial charge in [0.1, 0.15) is 11.9 Å². The lowest BCUT2D eigenvalue weighted by Gasteiger charge is -2.17. The number of nitrogens with two attached hydrogens (primary N) is 1. The minimum Gasteiger partial charge on any atom is -0.366 e. The number of amides is 2. The second-order valence-corrected chi connectivity index (χ2v) is 4.86. The van der Waals surface area contributed by atoms with E-state index in [0.717, 1.165) is 0 Å². The molecule has 3 rings (SSSR count). The largest absolute Gasteiger partial charge is 0.366 e. The van der Waals surface area contributed by atoms with Gasteiger partial charge in [-0.05, 0) is 29.8 Å². The van der Waals surface area contributed by atoms with Crippen molar-refractivity contribution in [1.82, 2.24) is 4.98 Å². The molecule has 0 aliphatic carbocycles. The predicted octanol–water partition coefficient (Wildman–Crippen LogP) is 2.21. The molecule has 2 N–H and O–H groups in total. The maximum absolute atomic E-state index is 13.5. The number of benzene rings is 1. The molecule has 2 aromatic rings. The van der Waals surface area contributed by atoms with Gasteiger partial charge in [0.05, 0.1) is 16.8 Å². The summed E-state index contributed by atoms with van der Waals surface area (Å²) in [5, 5.41) is 7.55. The molecular formula is C15H11FN4O2. The molecular weight excluding hydrogens is 287 g/mol. The van der Waals surface area contributed by atoms with E-state index in [2.05, 4.69) is 15.2 Å². The van der Waals surface area contributed by atoms with Crippen molar-refractivity contribution in [1.29, 1.82) is 0 Å². The first kappa shape index (κ1) is 14.0. The summed E-state index contributed by atoms with van der Waals surface area (Å²) in [4.78, 5) is 27.0. The monoisotopic (exact) mass is 298 g/mol. The minimum atomic E-state index is -0.835. The molecule has 1 unspecified atom stereocenters. The topological polar surface area (TPSA) is 97.8 Å². The fourth-order valence-electron chi connectivity index (χ4n) is 2.34. The number of hydrogen-bond acceptors (Lipinski definition) is 4. The highest BCUT2D eigenvalue weighted by molar-refractivity contribution is 5.96. The average Bonchev–Trinajstić information content (AvgIpc) is 2.52. The van der Waals surface area contributed by atoms with E-state index in [1.165, 1.54) is 18.2 Å². The molecule has 0 fully saturated rings. The summed E-state index contributed by atoms with van der Waals surface area (Å²) in [6.07, 6.45) is 1.90. The molecule has 2 heterocycles. The fraction of sp³-hybridized carbons (Fsp3) is 0.133. The standard InChI is InChI=1S/C15H11FN4O2/c16-11-4-3-8(6-10(11)14(17)21)7-12-13-9(2-1-5-18-13)15(22)20-19-12/h1-6,12H,7H2,(H2,17,21). The van der Waals surface area contributed by atoms with Crippen LogP contribution in [0.1, 0.15) is 38.0 Å². The van der Waals surface area contributed by atoms with E-state index in [1.807, 2.05) is 0 Å². The molecule has 0 bridgehead atoms. The van der Waals surface area contributed by atoms with Gasteiger partial charge in [-0.1, -0.05) is 6.07 Å². The average molecular weight is 298 g/mol. The van der Waals surface area contributed by atoms with Gasteiger partial charge in [-0.15, -0.1) is 5.11 Å². The number of pyridine rings is 1. The number of primary amides is 1. The summed E-state index contributed by atoms with van der Waals surface area (Å²) in [5.41, 5.74) is 6.54. The summed E-state index contributed by atoms with van der Waals surface area (Å²) < 4.78 is 13.5. The Morgan fingerprint density at radius 2 is 2.14 bits per heavy atom. The zero-order chi connectivity index (χ0) is 15.7. The van der Waals surface area contributed by atoms with Gasteiger partial charge in [0.15, 0.2) is 0 Å². The lowest BCUT2D eigenvalue weighted by molar-refractivity contribution is 0.0980. The molecule has 0 spiro atoms. The van der Waals surface area contributed by atoms with E-state index in [1.54, 1.807) is 18.3 Å². The number of rotatable bonds is 3. The van der Waals surface area contributed by atoms with Gasteiger partial charge in [-0.2, -0.15) is 5.11 Å². The molecule has 6 nitrogen and oxygen atoms in total. The molecule has 7 heteroatoms. The third-order valence-electron chi connectivity index (χ3n) is 3.40. The van der Waals surface area contributed by atoms with Crippen molar-refractivity contribution in [2.75, 3.05) is 0 Å². The zero-order valence-corrected chi connectivity index (χ0v) is 11.4. The smallest absolute Gasteiger partial charge is 0.296 e. The Morgan fingerprint density at radius 1 is 1.32 bits per heavy atom. The SMILES string of the molecule is NC(=O)c1cc(CC2N=NC(=O)c3cccnc32)ccc1F. The Bertz CT molecular complexity index is 804. The van der Waals surface area contributed by atoms with Gasteiger partial charge in [-0.25, -0.2) is 4.39 Å². The van der Waals surface area contributed by atoms with Crippen LogP contribution in [0.5, 0.6) is 0 Å². The second kappa shape index (κ2) is 5.44. The van der Waals surface area contributed by atoms with Gasteiger partial charge in [0, 0.05) is 12.6 Å². The molecule has 0 saturated heterocycles. The fourth-order valence-corrected chi connectivity index (χ4v) is 2.34. The van der Waals surface area contributed by atoms with Crippen LogP contribution in [0.25, 0.3) is 0 Å². The normalized spacial score (nSPS) is 16.4. The number of azo groups is 1. The number of halogens is 1. The van der Waals surface area contributed by atoms with Crippen molar-refractivity contribution in [3.63, 3.8) is 0 Å². The van der Waals surface area contributed by atoms with Gasteiger partial charge in [0.2, 0.25) is 0 Å². The molecule has 1 aliphatic heterocycles. The van der Waals surface area contributed by atoms with E-state index in [9.17, 15) is 14.0 Å². The number of carbonyl (C=O) groups excluding carboxylic acids is 2. The molecule has 1 aromatic carbocycles. The van der Waals surface area contributed by atoms with Crippen molar-refractivity contribution in [2.24, 2.45) is 16.0 Å². The van der Waals surface area contributed by atoms with Crippen molar-refractivity contribution in [3.8, 4) is 0 Å². The Morgan fingerprint density at radius 3 is 2.91 bits per heavy atom. The molecule has 22 heavy (non-hydrogen) atoms. The van der Waals surface area contributed by atoms with Crippen LogP contribution in [0.15, 0.2) is 46.8 Å². The maximum Gasteiger partial charge on any atom is 0.296 e. The first-order chi connectivity index (χ1) is 10.6. The van der Waals surface area contributed by atoms with Crippen molar-refractivity contribution in [3.05, 3.63) is 64.7 Å².